The van der Waals surface area contributed by atoms with Crippen LogP contribution in [0.4, 0.5) is 4.39 Å². The van der Waals surface area contributed by atoms with E-state index in [1.165, 1.54) is 0 Å². The molecule has 1 aromatic heterocycles. The molecular formula is C6H3FO4S. The maximum absolute atomic E-state index is 12.6. The number of thiophene rings is 1. The lowest BCUT2D eigenvalue weighted by Gasteiger charge is -1.83. The van der Waals surface area contributed by atoms with Gasteiger partial charge in [-0.2, -0.15) is 4.39 Å². The van der Waals surface area contributed by atoms with Crippen molar-refractivity contribution in [1.29, 1.82) is 0 Å². The number of carbonyl (C=O) groups is 2. The highest BCUT2D eigenvalue weighted by Gasteiger charge is 2.18. The quantitative estimate of drug-likeness (QED) is 0.736. The van der Waals surface area contributed by atoms with E-state index in [0.717, 1.165) is 6.07 Å². The number of carboxylic acids is 2. The second kappa shape index (κ2) is 2.90. The smallest absolute Gasteiger partial charge is 0.345 e. The van der Waals surface area contributed by atoms with Gasteiger partial charge in [0.05, 0.1) is 0 Å². The van der Waals surface area contributed by atoms with Crippen LogP contribution >= 0.6 is 11.3 Å². The van der Waals surface area contributed by atoms with Crippen LogP contribution in [0.1, 0.15) is 20.0 Å². The van der Waals surface area contributed by atoms with Gasteiger partial charge in [0.1, 0.15) is 10.4 Å². The molecule has 0 aromatic carbocycles. The lowest BCUT2D eigenvalue weighted by molar-refractivity contribution is 0.0692. The Morgan fingerprint density at radius 2 is 1.92 bits per heavy atom. The topological polar surface area (TPSA) is 74.6 Å². The van der Waals surface area contributed by atoms with Crippen LogP contribution in [0.2, 0.25) is 0 Å². The molecule has 0 saturated heterocycles. The van der Waals surface area contributed by atoms with Crippen LogP contribution < -0.4 is 0 Å². The lowest BCUT2D eigenvalue weighted by atomic mass is 10.3. The summed E-state index contributed by atoms with van der Waals surface area (Å²) in [6, 6.07) is 0.796. The predicted molar refractivity (Wildman–Crippen MR) is 38.2 cm³/mol. The molecule has 0 spiro atoms. The van der Waals surface area contributed by atoms with Gasteiger partial charge in [0, 0.05) is 0 Å². The molecule has 1 heterocycles. The number of carboxylic acid groups (broad SMARTS) is 2. The van der Waals surface area contributed by atoms with Crippen molar-refractivity contribution in [2.24, 2.45) is 0 Å². The second-order valence-corrected chi connectivity index (χ2v) is 2.91. The molecule has 0 atom stereocenters. The number of hydrogen-bond donors (Lipinski definition) is 2. The van der Waals surface area contributed by atoms with Crippen molar-refractivity contribution < 1.29 is 24.2 Å². The minimum Gasteiger partial charge on any atom is -0.478 e. The summed E-state index contributed by atoms with van der Waals surface area (Å²) in [6.07, 6.45) is 0. The fourth-order valence-corrected chi connectivity index (χ4v) is 1.33. The van der Waals surface area contributed by atoms with E-state index < -0.39 is 22.6 Å². The van der Waals surface area contributed by atoms with Gasteiger partial charge in [-0.25, -0.2) is 9.59 Å². The van der Waals surface area contributed by atoms with Gasteiger partial charge in [-0.1, -0.05) is 11.3 Å². The Balaban J connectivity index is 3.17. The largest absolute Gasteiger partial charge is 0.478 e. The van der Waals surface area contributed by atoms with Crippen LogP contribution in [0.3, 0.4) is 0 Å². The minimum atomic E-state index is -1.46. The summed E-state index contributed by atoms with van der Waals surface area (Å²) in [5.74, 6) is -2.79. The van der Waals surface area contributed by atoms with Crippen molar-refractivity contribution in [3.63, 3.8) is 0 Å². The molecule has 0 aliphatic heterocycles. The molecule has 0 aliphatic carbocycles. The van der Waals surface area contributed by atoms with E-state index in [0.29, 0.717) is 11.3 Å². The van der Waals surface area contributed by atoms with E-state index in [9.17, 15) is 14.0 Å². The predicted octanol–water partition coefficient (Wildman–Crippen LogP) is 1.28. The molecule has 0 unspecified atom stereocenters. The van der Waals surface area contributed by atoms with Crippen molar-refractivity contribution in [3.8, 4) is 0 Å². The summed E-state index contributed by atoms with van der Waals surface area (Å²) in [7, 11) is 0. The zero-order valence-electron chi connectivity index (χ0n) is 5.57. The molecular weight excluding hydrogens is 187 g/mol. The standard InChI is InChI=1S/C6H3FO4S/c7-4-2(5(8)9)1-3(12-4)6(10)11/h1H,(H,8,9)(H,10,11). The minimum absolute atomic E-state index is 0.304. The van der Waals surface area contributed by atoms with Gasteiger partial charge in [0.15, 0.2) is 5.13 Å². The average molecular weight is 190 g/mol. The molecule has 12 heavy (non-hydrogen) atoms. The Labute approximate surface area is 69.9 Å². The van der Waals surface area contributed by atoms with Crippen LogP contribution in [0.5, 0.6) is 0 Å². The number of hydrogen-bond acceptors (Lipinski definition) is 3. The number of rotatable bonds is 2. The van der Waals surface area contributed by atoms with Crippen molar-refractivity contribution >= 4 is 23.3 Å². The SMILES string of the molecule is O=C(O)c1cc(C(=O)O)c(F)s1. The molecule has 2 N–H and O–H groups in total. The first-order valence-electron chi connectivity index (χ1n) is 2.78. The first-order valence-corrected chi connectivity index (χ1v) is 3.60. The van der Waals surface area contributed by atoms with Gasteiger partial charge in [-0.3, -0.25) is 0 Å². The van der Waals surface area contributed by atoms with Crippen molar-refractivity contribution in [3.05, 3.63) is 21.6 Å². The molecule has 0 bridgehead atoms. The van der Waals surface area contributed by atoms with E-state index in [1.807, 2.05) is 0 Å². The van der Waals surface area contributed by atoms with E-state index in [2.05, 4.69) is 0 Å². The first-order chi connectivity index (χ1) is 5.52. The second-order valence-electron chi connectivity index (χ2n) is 1.91. The summed E-state index contributed by atoms with van der Waals surface area (Å²) >= 11 is 0.304. The first kappa shape index (κ1) is 8.66. The average Bonchev–Trinajstić information content (AvgIpc) is 2.30. The van der Waals surface area contributed by atoms with Crippen LogP contribution in [0.25, 0.3) is 0 Å². The van der Waals surface area contributed by atoms with E-state index >= 15 is 0 Å². The third-order valence-corrected chi connectivity index (χ3v) is 2.04. The van der Waals surface area contributed by atoms with Gasteiger partial charge in [0.25, 0.3) is 0 Å². The van der Waals surface area contributed by atoms with E-state index in [4.69, 9.17) is 10.2 Å². The molecule has 4 nitrogen and oxygen atoms in total. The maximum atomic E-state index is 12.6. The normalized spacial score (nSPS) is 9.75. The zero-order chi connectivity index (χ0) is 9.30. The summed E-state index contributed by atoms with van der Waals surface area (Å²) in [5.41, 5.74) is -0.600. The fourth-order valence-electron chi connectivity index (χ4n) is 0.620. The fraction of sp³-hybridized carbons (Fsp3) is 0. The Kier molecular flexibility index (Phi) is 2.09. The molecule has 0 saturated carbocycles. The highest BCUT2D eigenvalue weighted by molar-refractivity contribution is 7.12. The Bertz CT molecular complexity index is 343. The molecule has 1 rings (SSSR count). The highest BCUT2D eigenvalue weighted by Crippen LogP contribution is 2.20. The number of aromatic carboxylic acids is 2. The maximum Gasteiger partial charge on any atom is 0.345 e. The molecule has 0 aliphatic rings. The summed E-state index contributed by atoms with van der Waals surface area (Å²) in [5, 5.41) is 15.7. The van der Waals surface area contributed by atoms with Crippen LogP contribution in [0, 0.1) is 5.13 Å². The van der Waals surface area contributed by atoms with Crippen molar-refractivity contribution in [2.45, 2.75) is 0 Å². The number of halogens is 1. The van der Waals surface area contributed by atoms with E-state index in [-0.39, 0.29) is 4.88 Å². The van der Waals surface area contributed by atoms with Gasteiger partial charge in [-0.05, 0) is 6.07 Å². The molecule has 0 radical (unpaired) electrons. The third kappa shape index (κ3) is 1.42. The Morgan fingerprint density at radius 1 is 1.33 bits per heavy atom. The molecule has 6 heteroatoms. The lowest BCUT2D eigenvalue weighted by Crippen LogP contribution is -1.96. The van der Waals surface area contributed by atoms with Crippen LogP contribution in [0.15, 0.2) is 6.07 Å². The monoisotopic (exact) mass is 190 g/mol. The summed E-state index contributed by atoms with van der Waals surface area (Å²) in [4.78, 5) is 20.2. The third-order valence-electron chi connectivity index (χ3n) is 1.13. The van der Waals surface area contributed by atoms with Gasteiger partial charge < -0.3 is 10.2 Å². The zero-order valence-corrected chi connectivity index (χ0v) is 6.39. The molecule has 1 aromatic rings. The molecule has 64 valence electrons. The van der Waals surface area contributed by atoms with Crippen molar-refractivity contribution in [2.75, 3.05) is 0 Å². The van der Waals surface area contributed by atoms with Crippen LogP contribution in [-0.2, 0) is 0 Å². The van der Waals surface area contributed by atoms with E-state index in [1.54, 1.807) is 0 Å². The summed E-state index contributed by atoms with van der Waals surface area (Å²) < 4.78 is 12.6. The van der Waals surface area contributed by atoms with Gasteiger partial charge >= 0.3 is 11.9 Å². The van der Waals surface area contributed by atoms with Crippen molar-refractivity contribution in [1.82, 2.24) is 0 Å². The Hall–Kier alpha value is -1.43. The molecule has 0 amide bonds. The molecule has 0 fully saturated rings. The van der Waals surface area contributed by atoms with Gasteiger partial charge in [0.2, 0.25) is 0 Å². The van der Waals surface area contributed by atoms with Gasteiger partial charge in [-0.15, -0.1) is 0 Å². The highest BCUT2D eigenvalue weighted by atomic mass is 32.1. The summed E-state index contributed by atoms with van der Waals surface area (Å²) in [6.45, 7) is 0. The Morgan fingerprint density at radius 3 is 2.17 bits per heavy atom. The van der Waals surface area contributed by atoms with Crippen LogP contribution in [-0.4, -0.2) is 22.2 Å².